The molecule has 27 heavy (non-hydrogen) atoms. The minimum absolute atomic E-state index is 0.0607. The van der Waals surface area contributed by atoms with Crippen molar-refractivity contribution in [1.82, 2.24) is 4.98 Å². The molecule has 0 amide bonds. The van der Waals surface area contributed by atoms with Gasteiger partial charge in [0.15, 0.2) is 0 Å². The van der Waals surface area contributed by atoms with E-state index in [0.29, 0.717) is 0 Å². The first kappa shape index (κ1) is 19.2. The van der Waals surface area contributed by atoms with Crippen LogP contribution in [0.1, 0.15) is 12.8 Å². The minimum Gasteiger partial charge on any atom is -0.382 e. The highest BCUT2D eigenvalue weighted by Crippen LogP contribution is 2.31. The monoisotopic (exact) mass is 395 g/mol. The fourth-order valence-electron chi connectivity index (χ4n) is 2.73. The van der Waals surface area contributed by atoms with E-state index >= 15 is 0 Å². The van der Waals surface area contributed by atoms with Crippen molar-refractivity contribution in [2.45, 2.75) is 19.0 Å². The number of hydrogen-bond donors (Lipinski definition) is 0. The normalized spacial score (nSPS) is 12.3. The molecular formula is C19H16F3NO3S. The summed E-state index contributed by atoms with van der Waals surface area (Å²) in [5.41, 5.74) is 1.60. The van der Waals surface area contributed by atoms with Crippen LogP contribution in [0.25, 0.3) is 21.9 Å². The highest BCUT2D eigenvalue weighted by molar-refractivity contribution is 7.87. The number of rotatable bonds is 6. The van der Waals surface area contributed by atoms with Crippen molar-refractivity contribution in [1.29, 1.82) is 0 Å². The van der Waals surface area contributed by atoms with E-state index in [-0.39, 0.29) is 5.75 Å². The standard InChI is InChI=1S/C19H16F3NO3S/c20-19(21,22)9-3-11-27(24,25)26-16-6-1-4-14(12-16)17-7-2-5-15-13-23-10-8-18(15)17/h1-2,4-8,10,12-13H,3,9,11H2. The molecule has 0 N–H and O–H groups in total. The molecule has 142 valence electrons. The Balaban J connectivity index is 1.81. The van der Waals surface area contributed by atoms with Crippen LogP contribution in [0.5, 0.6) is 5.75 Å². The second-order valence-electron chi connectivity index (χ2n) is 5.99. The highest BCUT2D eigenvalue weighted by Gasteiger charge is 2.27. The number of aromatic nitrogens is 1. The molecule has 0 bridgehead atoms. The van der Waals surface area contributed by atoms with E-state index < -0.39 is 34.9 Å². The molecule has 0 fully saturated rings. The van der Waals surface area contributed by atoms with Crippen LogP contribution in [0.15, 0.2) is 60.9 Å². The molecular weight excluding hydrogens is 379 g/mol. The number of halogens is 3. The van der Waals surface area contributed by atoms with Crippen LogP contribution < -0.4 is 4.18 Å². The van der Waals surface area contributed by atoms with Crippen molar-refractivity contribution in [2.24, 2.45) is 0 Å². The van der Waals surface area contributed by atoms with Gasteiger partial charge in [-0.15, -0.1) is 0 Å². The second-order valence-corrected chi connectivity index (χ2v) is 7.68. The van der Waals surface area contributed by atoms with Gasteiger partial charge in [-0.2, -0.15) is 21.6 Å². The van der Waals surface area contributed by atoms with Gasteiger partial charge in [-0.25, -0.2) is 0 Å². The Morgan fingerprint density at radius 3 is 2.59 bits per heavy atom. The molecule has 0 aliphatic rings. The molecule has 0 unspecified atom stereocenters. The molecule has 3 aromatic rings. The van der Waals surface area contributed by atoms with Crippen molar-refractivity contribution < 1.29 is 25.8 Å². The predicted octanol–water partition coefficient (Wildman–Crippen LogP) is 4.95. The summed E-state index contributed by atoms with van der Waals surface area (Å²) >= 11 is 0. The SMILES string of the molecule is O=S(=O)(CCCC(F)(F)F)Oc1cccc(-c2cccc3cnccc23)c1. The topological polar surface area (TPSA) is 56.3 Å². The maximum absolute atomic E-state index is 12.2. The van der Waals surface area contributed by atoms with Crippen molar-refractivity contribution in [3.8, 4) is 16.9 Å². The van der Waals surface area contributed by atoms with Crippen molar-refractivity contribution in [2.75, 3.05) is 5.75 Å². The Hall–Kier alpha value is -2.61. The van der Waals surface area contributed by atoms with Crippen LogP contribution in [0.3, 0.4) is 0 Å². The summed E-state index contributed by atoms with van der Waals surface area (Å²) in [7, 11) is -4.11. The molecule has 0 atom stereocenters. The quantitative estimate of drug-likeness (QED) is 0.554. The number of alkyl halides is 3. The van der Waals surface area contributed by atoms with E-state index in [1.807, 2.05) is 24.3 Å². The maximum atomic E-state index is 12.2. The molecule has 0 aliphatic heterocycles. The maximum Gasteiger partial charge on any atom is 0.389 e. The van der Waals surface area contributed by atoms with Gasteiger partial charge < -0.3 is 4.18 Å². The first-order valence-corrected chi connectivity index (χ1v) is 9.73. The van der Waals surface area contributed by atoms with Gasteiger partial charge in [-0.1, -0.05) is 30.3 Å². The molecule has 2 aromatic carbocycles. The zero-order valence-corrected chi connectivity index (χ0v) is 14.9. The number of fused-ring (bicyclic) bond motifs is 1. The molecule has 1 heterocycles. The van der Waals surface area contributed by atoms with Gasteiger partial charge in [0.1, 0.15) is 5.75 Å². The van der Waals surface area contributed by atoms with Crippen LogP contribution in [-0.4, -0.2) is 25.3 Å². The molecule has 3 rings (SSSR count). The van der Waals surface area contributed by atoms with E-state index in [4.69, 9.17) is 4.18 Å². The van der Waals surface area contributed by atoms with Gasteiger partial charge in [0, 0.05) is 24.2 Å². The average molecular weight is 395 g/mol. The van der Waals surface area contributed by atoms with Gasteiger partial charge in [0.05, 0.1) is 5.75 Å². The molecule has 0 saturated heterocycles. The van der Waals surface area contributed by atoms with Gasteiger partial charge in [0.25, 0.3) is 0 Å². The summed E-state index contributed by atoms with van der Waals surface area (Å²) in [6.07, 6.45) is -2.71. The van der Waals surface area contributed by atoms with E-state index in [9.17, 15) is 21.6 Å². The van der Waals surface area contributed by atoms with E-state index in [1.54, 1.807) is 30.6 Å². The molecule has 1 aromatic heterocycles. The first-order valence-electron chi connectivity index (χ1n) is 8.16. The molecule has 4 nitrogen and oxygen atoms in total. The van der Waals surface area contributed by atoms with Gasteiger partial charge in [-0.3, -0.25) is 4.98 Å². The first-order chi connectivity index (χ1) is 12.7. The summed E-state index contributed by atoms with van der Waals surface area (Å²) in [4.78, 5) is 4.08. The Morgan fingerprint density at radius 2 is 1.81 bits per heavy atom. The fraction of sp³-hybridized carbons (Fsp3) is 0.211. The van der Waals surface area contributed by atoms with Crippen LogP contribution in [0.2, 0.25) is 0 Å². The third-order valence-electron chi connectivity index (χ3n) is 3.90. The summed E-state index contributed by atoms with van der Waals surface area (Å²) in [6, 6.07) is 14.0. The Bertz CT molecular complexity index is 1040. The van der Waals surface area contributed by atoms with Crippen LogP contribution >= 0.6 is 0 Å². The van der Waals surface area contributed by atoms with E-state index in [1.165, 1.54) is 6.07 Å². The van der Waals surface area contributed by atoms with Gasteiger partial charge >= 0.3 is 16.3 Å². The van der Waals surface area contributed by atoms with Crippen LogP contribution in [0, 0.1) is 0 Å². The Labute approximate surface area is 154 Å². The van der Waals surface area contributed by atoms with Gasteiger partial charge in [0.2, 0.25) is 0 Å². The highest BCUT2D eigenvalue weighted by atomic mass is 32.2. The smallest absolute Gasteiger partial charge is 0.382 e. The van der Waals surface area contributed by atoms with E-state index in [0.717, 1.165) is 21.9 Å². The van der Waals surface area contributed by atoms with E-state index in [2.05, 4.69) is 4.98 Å². The Kier molecular flexibility index (Phi) is 5.36. The third-order valence-corrected chi connectivity index (χ3v) is 5.14. The lowest BCUT2D eigenvalue weighted by molar-refractivity contribution is -0.134. The van der Waals surface area contributed by atoms with Gasteiger partial charge in [-0.05, 0) is 41.1 Å². The summed E-state index contributed by atoms with van der Waals surface area (Å²) in [5, 5.41) is 1.87. The molecule has 0 radical (unpaired) electrons. The molecule has 0 spiro atoms. The molecule has 8 heteroatoms. The summed E-state index contributed by atoms with van der Waals surface area (Å²) in [5.74, 6) is -0.637. The second kappa shape index (κ2) is 7.56. The minimum atomic E-state index is -4.39. The number of benzene rings is 2. The number of nitrogens with zero attached hydrogens (tertiary/aromatic N) is 1. The molecule has 0 aliphatic carbocycles. The summed E-state index contributed by atoms with van der Waals surface area (Å²) < 4.78 is 65.4. The zero-order valence-electron chi connectivity index (χ0n) is 14.1. The predicted molar refractivity (Wildman–Crippen MR) is 96.9 cm³/mol. The summed E-state index contributed by atoms with van der Waals surface area (Å²) in [6.45, 7) is 0. The van der Waals surface area contributed by atoms with Crippen molar-refractivity contribution in [3.05, 3.63) is 60.9 Å². The van der Waals surface area contributed by atoms with Crippen molar-refractivity contribution >= 4 is 20.9 Å². The fourth-order valence-corrected chi connectivity index (χ4v) is 3.71. The lowest BCUT2D eigenvalue weighted by Gasteiger charge is -2.11. The number of pyridine rings is 1. The third kappa shape index (κ3) is 5.19. The van der Waals surface area contributed by atoms with Crippen LogP contribution in [-0.2, 0) is 10.1 Å². The lowest BCUT2D eigenvalue weighted by Crippen LogP contribution is -2.16. The van der Waals surface area contributed by atoms with Crippen molar-refractivity contribution in [3.63, 3.8) is 0 Å². The largest absolute Gasteiger partial charge is 0.389 e. The molecule has 0 saturated carbocycles. The average Bonchev–Trinajstić information content (AvgIpc) is 2.59. The Morgan fingerprint density at radius 1 is 1.04 bits per heavy atom. The lowest BCUT2D eigenvalue weighted by atomic mass is 9.99. The zero-order chi connectivity index (χ0) is 19.5. The van der Waals surface area contributed by atoms with Crippen LogP contribution in [0.4, 0.5) is 13.2 Å². The number of hydrogen-bond acceptors (Lipinski definition) is 4.